The molecule has 0 saturated carbocycles. The van der Waals surface area contributed by atoms with Gasteiger partial charge in [-0.3, -0.25) is 0 Å². The highest BCUT2D eigenvalue weighted by atomic mass is 32.1. The van der Waals surface area contributed by atoms with Crippen molar-refractivity contribution in [3.05, 3.63) is 16.6 Å². The van der Waals surface area contributed by atoms with E-state index in [9.17, 15) is 8.78 Å². The Kier molecular flexibility index (Phi) is 2.54. The number of rotatable bonds is 2. The lowest BCUT2D eigenvalue weighted by Crippen LogP contribution is -1.82. The molecule has 0 aromatic carbocycles. The molecule has 0 aliphatic carbocycles. The van der Waals surface area contributed by atoms with Crippen LogP contribution in [0.3, 0.4) is 0 Å². The minimum Gasteiger partial charge on any atom is -0.203 e. The van der Waals surface area contributed by atoms with Crippen LogP contribution in [-0.2, 0) is 0 Å². The molecule has 0 fully saturated rings. The van der Waals surface area contributed by atoms with Crippen molar-refractivity contribution in [2.45, 2.75) is 26.2 Å². The molecule has 0 spiro atoms. The van der Waals surface area contributed by atoms with Gasteiger partial charge >= 0.3 is 0 Å². The minimum atomic E-state index is -2.43. The van der Waals surface area contributed by atoms with Crippen LogP contribution < -0.4 is 0 Å². The van der Waals surface area contributed by atoms with Crippen LogP contribution >= 0.6 is 11.5 Å². The van der Waals surface area contributed by atoms with Gasteiger partial charge in [0.25, 0.3) is 6.43 Å². The van der Waals surface area contributed by atoms with E-state index in [2.05, 4.69) is 4.37 Å². The molecule has 0 atom stereocenters. The summed E-state index contributed by atoms with van der Waals surface area (Å²) in [5.41, 5.74) is -0.0984. The first kappa shape index (κ1) is 8.59. The van der Waals surface area contributed by atoms with E-state index in [1.54, 1.807) is 0 Å². The molecule has 0 aliphatic heterocycles. The summed E-state index contributed by atoms with van der Waals surface area (Å²) in [6, 6.07) is 1.47. The van der Waals surface area contributed by atoms with Crippen molar-refractivity contribution >= 4 is 11.5 Å². The summed E-state index contributed by atoms with van der Waals surface area (Å²) in [5, 5.41) is 0. The normalized spacial score (nSPS) is 11.5. The average Bonchev–Trinajstić information content (AvgIpc) is 2.33. The van der Waals surface area contributed by atoms with E-state index >= 15 is 0 Å². The maximum absolute atomic E-state index is 12.0. The monoisotopic (exact) mass is 177 g/mol. The molecule has 1 rings (SSSR count). The van der Waals surface area contributed by atoms with Crippen molar-refractivity contribution in [3.8, 4) is 0 Å². The quantitative estimate of drug-likeness (QED) is 0.676. The molecule has 1 aromatic heterocycles. The van der Waals surface area contributed by atoms with Gasteiger partial charge in [-0.1, -0.05) is 13.8 Å². The summed E-state index contributed by atoms with van der Waals surface area (Å²) < 4.78 is 27.6. The summed E-state index contributed by atoms with van der Waals surface area (Å²) in [4.78, 5) is 0.917. The Morgan fingerprint density at radius 1 is 1.45 bits per heavy atom. The van der Waals surface area contributed by atoms with Gasteiger partial charge in [0.05, 0.1) is 0 Å². The first-order chi connectivity index (χ1) is 5.11. The van der Waals surface area contributed by atoms with Gasteiger partial charge < -0.3 is 0 Å². The molecular weight excluding hydrogens is 168 g/mol. The Bertz CT molecular complexity index is 210. The predicted molar refractivity (Wildman–Crippen MR) is 41.2 cm³/mol. The van der Waals surface area contributed by atoms with E-state index in [0.29, 0.717) is 5.92 Å². The maximum atomic E-state index is 12.0. The molecular formula is C7H9F2NS. The molecule has 0 bridgehead atoms. The first-order valence-corrected chi connectivity index (χ1v) is 4.13. The third kappa shape index (κ3) is 1.96. The molecule has 0 unspecified atom stereocenters. The molecule has 4 heteroatoms. The number of hydrogen-bond donors (Lipinski definition) is 0. The van der Waals surface area contributed by atoms with Gasteiger partial charge in [-0.25, -0.2) is 8.78 Å². The molecule has 62 valence electrons. The summed E-state index contributed by atoms with van der Waals surface area (Å²) >= 11 is 1.16. The number of aromatic nitrogens is 1. The van der Waals surface area contributed by atoms with Crippen LogP contribution in [0.2, 0.25) is 0 Å². The van der Waals surface area contributed by atoms with Gasteiger partial charge in [0.2, 0.25) is 0 Å². The lowest BCUT2D eigenvalue weighted by Gasteiger charge is -1.95. The Hall–Kier alpha value is -0.510. The molecule has 1 aromatic rings. The van der Waals surface area contributed by atoms with Crippen molar-refractivity contribution in [3.63, 3.8) is 0 Å². The third-order valence-electron chi connectivity index (χ3n) is 1.34. The molecule has 0 saturated heterocycles. The average molecular weight is 177 g/mol. The van der Waals surface area contributed by atoms with Crippen LogP contribution in [0.15, 0.2) is 6.07 Å². The van der Waals surface area contributed by atoms with E-state index in [1.807, 2.05) is 13.8 Å². The maximum Gasteiger partial charge on any atom is 0.281 e. The predicted octanol–water partition coefficient (Wildman–Crippen LogP) is 3.20. The van der Waals surface area contributed by atoms with Crippen molar-refractivity contribution in [2.24, 2.45) is 0 Å². The highest BCUT2D eigenvalue weighted by Gasteiger charge is 2.12. The lowest BCUT2D eigenvalue weighted by atomic mass is 10.2. The van der Waals surface area contributed by atoms with Crippen LogP contribution in [0, 0.1) is 0 Å². The smallest absolute Gasteiger partial charge is 0.203 e. The van der Waals surface area contributed by atoms with Crippen molar-refractivity contribution in [1.82, 2.24) is 4.37 Å². The molecule has 0 aliphatic rings. The fraction of sp³-hybridized carbons (Fsp3) is 0.571. The Labute approximate surface area is 68.2 Å². The van der Waals surface area contributed by atoms with Crippen molar-refractivity contribution < 1.29 is 8.78 Å². The second kappa shape index (κ2) is 3.26. The van der Waals surface area contributed by atoms with Gasteiger partial charge in [-0.05, 0) is 23.5 Å². The number of alkyl halides is 2. The van der Waals surface area contributed by atoms with Crippen LogP contribution in [0.5, 0.6) is 0 Å². The molecule has 0 N–H and O–H groups in total. The van der Waals surface area contributed by atoms with Gasteiger partial charge in [-0.15, -0.1) is 0 Å². The zero-order chi connectivity index (χ0) is 8.43. The zero-order valence-corrected chi connectivity index (χ0v) is 7.16. The molecule has 0 amide bonds. The van der Waals surface area contributed by atoms with E-state index in [4.69, 9.17) is 0 Å². The first-order valence-electron chi connectivity index (χ1n) is 3.36. The van der Waals surface area contributed by atoms with Crippen LogP contribution in [0.25, 0.3) is 0 Å². The number of hydrogen-bond acceptors (Lipinski definition) is 2. The summed E-state index contributed by atoms with van der Waals surface area (Å²) in [6.45, 7) is 3.92. The standard InChI is InChI=1S/C7H9F2NS/c1-4(2)6-3-5(7(8)9)10-11-6/h3-4,7H,1-2H3. The van der Waals surface area contributed by atoms with Gasteiger partial charge in [0.1, 0.15) is 5.69 Å². The van der Waals surface area contributed by atoms with Crippen LogP contribution in [-0.4, -0.2) is 4.37 Å². The lowest BCUT2D eigenvalue weighted by molar-refractivity contribution is 0.147. The largest absolute Gasteiger partial charge is 0.281 e. The SMILES string of the molecule is CC(C)c1cc(C(F)F)ns1. The van der Waals surface area contributed by atoms with Crippen LogP contribution in [0.4, 0.5) is 8.78 Å². The molecule has 0 radical (unpaired) electrons. The summed E-state index contributed by atoms with van der Waals surface area (Å²) in [5.74, 6) is 0.292. The fourth-order valence-corrected chi connectivity index (χ4v) is 1.41. The van der Waals surface area contributed by atoms with E-state index in [1.165, 1.54) is 6.07 Å². The topological polar surface area (TPSA) is 12.9 Å². The highest BCUT2D eigenvalue weighted by Crippen LogP contribution is 2.25. The van der Waals surface area contributed by atoms with Crippen molar-refractivity contribution in [2.75, 3.05) is 0 Å². The van der Waals surface area contributed by atoms with Crippen LogP contribution in [0.1, 0.15) is 36.8 Å². The second-order valence-electron chi connectivity index (χ2n) is 2.61. The Balaban J connectivity index is 2.82. The molecule has 11 heavy (non-hydrogen) atoms. The number of nitrogens with zero attached hydrogens (tertiary/aromatic N) is 1. The fourth-order valence-electron chi connectivity index (χ4n) is 0.679. The van der Waals surface area contributed by atoms with Gasteiger partial charge in [0.15, 0.2) is 0 Å². The van der Waals surface area contributed by atoms with E-state index < -0.39 is 6.43 Å². The number of halogens is 2. The minimum absolute atomic E-state index is 0.0984. The Morgan fingerprint density at radius 3 is 2.36 bits per heavy atom. The third-order valence-corrected chi connectivity index (χ3v) is 2.44. The van der Waals surface area contributed by atoms with Gasteiger partial charge in [-0.2, -0.15) is 4.37 Å². The highest BCUT2D eigenvalue weighted by molar-refractivity contribution is 7.05. The molecule has 1 heterocycles. The van der Waals surface area contributed by atoms with E-state index in [0.717, 1.165) is 16.4 Å². The van der Waals surface area contributed by atoms with E-state index in [-0.39, 0.29) is 5.69 Å². The second-order valence-corrected chi connectivity index (χ2v) is 3.45. The molecule has 1 nitrogen and oxygen atoms in total. The summed E-state index contributed by atoms with van der Waals surface area (Å²) in [7, 11) is 0. The summed E-state index contributed by atoms with van der Waals surface area (Å²) in [6.07, 6.45) is -2.43. The zero-order valence-electron chi connectivity index (χ0n) is 6.34. The Morgan fingerprint density at radius 2 is 2.09 bits per heavy atom. The van der Waals surface area contributed by atoms with Crippen molar-refractivity contribution in [1.29, 1.82) is 0 Å². The van der Waals surface area contributed by atoms with Gasteiger partial charge in [0, 0.05) is 4.88 Å².